The largest absolute Gasteiger partial charge is 0.396 e. The fourth-order valence-corrected chi connectivity index (χ4v) is 3.78. The van der Waals surface area contributed by atoms with E-state index in [2.05, 4.69) is 9.88 Å². The average Bonchev–Trinajstić information content (AvgIpc) is 2.46. The van der Waals surface area contributed by atoms with Crippen LogP contribution in [0.5, 0.6) is 0 Å². The molecule has 2 fully saturated rings. The lowest BCUT2D eigenvalue weighted by Gasteiger charge is -2.46. The number of nitrogens with one attached hydrogen (secondary N) is 1. The van der Waals surface area contributed by atoms with Crippen LogP contribution >= 0.6 is 0 Å². The predicted octanol–water partition coefficient (Wildman–Crippen LogP) is 1.33. The SMILES string of the molecule is O=c1cccc([C@@H]2C[C@H](CO)[C@H]3CCCCN3C2)[nH]1. The summed E-state index contributed by atoms with van der Waals surface area (Å²) in [5.74, 6) is 0.697. The van der Waals surface area contributed by atoms with Gasteiger partial charge in [0.2, 0.25) is 5.56 Å². The first-order valence-corrected chi connectivity index (χ1v) is 7.32. The fraction of sp³-hybridized carbons (Fsp3) is 0.667. The van der Waals surface area contributed by atoms with Gasteiger partial charge in [0.25, 0.3) is 0 Å². The number of pyridine rings is 1. The smallest absolute Gasteiger partial charge is 0.248 e. The molecule has 0 aliphatic carbocycles. The molecule has 3 heterocycles. The third-order valence-electron chi connectivity index (χ3n) is 4.72. The molecule has 4 heteroatoms. The van der Waals surface area contributed by atoms with Crippen LogP contribution in [-0.2, 0) is 0 Å². The molecule has 0 saturated carbocycles. The molecule has 0 radical (unpaired) electrons. The molecule has 1 aromatic heterocycles. The number of aromatic nitrogens is 1. The molecule has 0 spiro atoms. The molecule has 0 amide bonds. The molecule has 19 heavy (non-hydrogen) atoms. The highest BCUT2D eigenvalue weighted by atomic mass is 16.3. The summed E-state index contributed by atoms with van der Waals surface area (Å²) < 4.78 is 0. The van der Waals surface area contributed by atoms with Crippen molar-refractivity contribution in [3.8, 4) is 0 Å². The average molecular weight is 262 g/mol. The van der Waals surface area contributed by atoms with E-state index in [9.17, 15) is 9.90 Å². The van der Waals surface area contributed by atoms with E-state index in [1.165, 1.54) is 19.3 Å². The molecule has 3 rings (SSSR count). The molecule has 2 N–H and O–H groups in total. The van der Waals surface area contributed by atoms with Gasteiger partial charge >= 0.3 is 0 Å². The summed E-state index contributed by atoms with van der Waals surface area (Å²) in [6, 6.07) is 5.93. The topological polar surface area (TPSA) is 56.3 Å². The maximum absolute atomic E-state index is 11.4. The summed E-state index contributed by atoms with van der Waals surface area (Å²) in [5.41, 5.74) is 0.994. The summed E-state index contributed by atoms with van der Waals surface area (Å²) in [5, 5.41) is 9.65. The minimum Gasteiger partial charge on any atom is -0.396 e. The van der Waals surface area contributed by atoms with E-state index in [4.69, 9.17) is 0 Å². The van der Waals surface area contributed by atoms with Crippen LogP contribution < -0.4 is 5.56 Å². The van der Waals surface area contributed by atoms with Crippen LogP contribution in [0.25, 0.3) is 0 Å². The van der Waals surface area contributed by atoms with E-state index in [0.29, 0.717) is 17.9 Å². The minimum absolute atomic E-state index is 0.0289. The van der Waals surface area contributed by atoms with Crippen molar-refractivity contribution in [2.24, 2.45) is 5.92 Å². The number of fused-ring (bicyclic) bond motifs is 1. The van der Waals surface area contributed by atoms with Gasteiger partial charge in [-0.15, -0.1) is 0 Å². The summed E-state index contributed by atoms with van der Waals surface area (Å²) in [6.07, 6.45) is 4.73. The number of rotatable bonds is 2. The van der Waals surface area contributed by atoms with Crippen molar-refractivity contribution in [2.45, 2.75) is 37.6 Å². The maximum atomic E-state index is 11.4. The van der Waals surface area contributed by atoms with E-state index < -0.39 is 0 Å². The molecule has 4 nitrogen and oxygen atoms in total. The van der Waals surface area contributed by atoms with Crippen LogP contribution in [0.3, 0.4) is 0 Å². The van der Waals surface area contributed by atoms with Crippen molar-refractivity contribution in [1.29, 1.82) is 0 Å². The number of aliphatic hydroxyl groups is 1. The lowest BCUT2D eigenvalue weighted by molar-refractivity contribution is 0.0199. The van der Waals surface area contributed by atoms with Crippen molar-refractivity contribution in [1.82, 2.24) is 9.88 Å². The van der Waals surface area contributed by atoms with E-state index in [1.807, 2.05) is 12.1 Å². The van der Waals surface area contributed by atoms with E-state index in [1.54, 1.807) is 6.07 Å². The Morgan fingerprint density at radius 1 is 1.37 bits per heavy atom. The molecule has 104 valence electrons. The quantitative estimate of drug-likeness (QED) is 0.845. The Bertz CT molecular complexity index is 477. The zero-order valence-corrected chi connectivity index (χ0v) is 11.2. The first kappa shape index (κ1) is 12.9. The first-order chi connectivity index (χ1) is 9.28. The molecule has 2 aliphatic rings. The maximum Gasteiger partial charge on any atom is 0.248 e. The second-order valence-corrected chi connectivity index (χ2v) is 5.90. The number of piperidine rings is 2. The predicted molar refractivity (Wildman–Crippen MR) is 74.2 cm³/mol. The number of hydrogen-bond acceptors (Lipinski definition) is 3. The zero-order chi connectivity index (χ0) is 13.2. The number of H-pyrrole nitrogens is 1. The van der Waals surface area contributed by atoms with Crippen LogP contribution in [0.15, 0.2) is 23.0 Å². The van der Waals surface area contributed by atoms with Gasteiger partial charge in [-0.2, -0.15) is 0 Å². The third-order valence-corrected chi connectivity index (χ3v) is 4.72. The zero-order valence-electron chi connectivity index (χ0n) is 11.2. The van der Waals surface area contributed by atoms with Crippen molar-refractivity contribution in [3.05, 3.63) is 34.2 Å². The van der Waals surface area contributed by atoms with E-state index >= 15 is 0 Å². The van der Waals surface area contributed by atoms with E-state index in [0.717, 1.165) is 25.2 Å². The van der Waals surface area contributed by atoms with Crippen LogP contribution in [0.1, 0.15) is 37.3 Å². The van der Waals surface area contributed by atoms with Gasteiger partial charge in [0, 0.05) is 36.9 Å². The molecule has 3 atom stereocenters. The van der Waals surface area contributed by atoms with Crippen LogP contribution in [0.2, 0.25) is 0 Å². The standard InChI is InChI=1S/C15H22N2O2/c18-10-12-8-11(13-4-3-6-15(19)16-13)9-17-7-2-1-5-14(12)17/h3-4,6,11-12,14,18H,1-2,5,7-10H2,(H,16,19)/t11-,12-,14-/m1/s1. The lowest BCUT2D eigenvalue weighted by Crippen LogP contribution is -2.51. The molecular weight excluding hydrogens is 240 g/mol. The van der Waals surface area contributed by atoms with Gasteiger partial charge in [-0.1, -0.05) is 12.5 Å². The summed E-state index contributed by atoms with van der Waals surface area (Å²) in [7, 11) is 0. The minimum atomic E-state index is -0.0289. The molecule has 0 unspecified atom stereocenters. The molecular formula is C15H22N2O2. The highest BCUT2D eigenvalue weighted by Crippen LogP contribution is 2.36. The monoisotopic (exact) mass is 262 g/mol. The van der Waals surface area contributed by atoms with E-state index in [-0.39, 0.29) is 12.2 Å². The number of hydrogen-bond donors (Lipinski definition) is 2. The van der Waals surface area contributed by atoms with Gasteiger partial charge in [-0.25, -0.2) is 0 Å². The van der Waals surface area contributed by atoms with Crippen molar-refractivity contribution < 1.29 is 5.11 Å². The van der Waals surface area contributed by atoms with Crippen LogP contribution in [0.4, 0.5) is 0 Å². The number of aromatic amines is 1. The Kier molecular flexibility index (Phi) is 3.71. The van der Waals surface area contributed by atoms with Gasteiger partial charge in [-0.3, -0.25) is 9.69 Å². The van der Waals surface area contributed by atoms with Gasteiger partial charge in [0.15, 0.2) is 0 Å². The number of aliphatic hydroxyl groups excluding tert-OH is 1. The second kappa shape index (κ2) is 5.47. The Labute approximate surface area is 113 Å². The van der Waals surface area contributed by atoms with Crippen molar-refractivity contribution >= 4 is 0 Å². The first-order valence-electron chi connectivity index (χ1n) is 7.32. The molecule has 0 bridgehead atoms. The Balaban J connectivity index is 1.82. The van der Waals surface area contributed by atoms with Gasteiger partial charge < -0.3 is 10.1 Å². The highest BCUT2D eigenvalue weighted by Gasteiger charge is 2.37. The normalized spacial score (nSPS) is 31.9. The highest BCUT2D eigenvalue weighted by molar-refractivity contribution is 5.12. The van der Waals surface area contributed by atoms with Gasteiger partial charge in [0.1, 0.15) is 0 Å². The Morgan fingerprint density at radius 2 is 2.26 bits per heavy atom. The summed E-state index contributed by atoms with van der Waals surface area (Å²) in [6.45, 7) is 2.41. The molecule has 2 saturated heterocycles. The third kappa shape index (κ3) is 2.60. The van der Waals surface area contributed by atoms with Gasteiger partial charge in [0.05, 0.1) is 0 Å². The van der Waals surface area contributed by atoms with Crippen molar-refractivity contribution in [3.63, 3.8) is 0 Å². The van der Waals surface area contributed by atoms with Crippen LogP contribution in [-0.4, -0.2) is 40.7 Å². The molecule has 1 aromatic rings. The molecule has 2 aliphatic heterocycles. The Morgan fingerprint density at radius 3 is 3.05 bits per heavy atom. The lowest BCUT2D eigenvalue weighted by atomic mass is 9.78. The fourth-order valence-electron chi connectivity index (χ4n) is 3.78. The molecule has 0 aromatic carbocycles. The Hall–Kier alpha value is -1.13. The second-order valence-electron chi connectivity index (χ2n) is 5.90. The number of nitrogens with zero attached hydrogens (tertiary/aromatic N) is 1. The van der Waals surface area contributed by atoms with Gasteiger partial charge in [-0.05, 0) is 37.8 Å². The summed E-state index contributed by atoms with van der Waals surface area (Å²) in [4.78, 5) is 16.9. The summed E-state index contributed by atoms with van der Waals surface area (Å²) >= 11 is 0. The van der Waals surface area contributed by atoms with Crippen molar-refractivity contribution in [2.75, 3.05) is 19.7 Å². The van der Waals surface area contributed by atoms with Crippen LogP contribution in [0, 0.1) is 5.92 Å².